The molecule has 7 heteroatoms. The van der Waals surface area contributed by atoms with E-state index in [-0.39, 0.29) is 18.6 Å². The minimum absolute atomic E-state index is 0.0297. The molecule has 1 aliphatic rings. The molecule has 25 heavy (non-hydrogen) atoms. The molecule has 1 amide bonds. The summed E-state index contributed by atoms with van der Waals surface area (Å²) < 4.78 is 6.98. The van der Waals surface area contributed by atoms with E-state index < -0.39 is 6.09 Å². The summed E-state index contributed by atoms with van der Waals surface area (Å²) in [4.78, 5) is 24.3. The zero-order chi connectivity index (χ0) is 17.4. The second-order valence-corrected chi connectivity index (χ2v) is 6.58. The lowest BCUT2D eigenvalue weighted by atomic mass is 10.0. The summed E-state index contributed by atoms with van der Waals surface area (Å²) in [5, 5.41) is 14.1. The molecule has 2 aromatic heterocycles. The number of aromatic nitrogens is 1. The summed E-state index contributed by atoms with van der Waals surface area (Å²) in [6, 6.07) is 12.8. The van der Waals surface area contributed by atoms with Crippen LogP contribution >= 0.6 is 11.3 Å². The minimum atomic E-state index is -1.05. The number of nitrogens with zero attached hydrogens (tertiary/aromatic N) is 1. The van der Waals surface area contributed by atoms with Crippen LogP contribution in [0.15, 0.2) is 54.0 Å². The Labute approximate surface area is 147 Å². The maximum absolute atomic E-state index is 11.9. The molecule has 3 aromatic rings. The van der Waals surface area contributed by atoms with Gasteiger partial charge in [-0.2, -0.15) is 0 Å². The monoisotopic (exact) mass is 354 g/mol. The molecule has 0 saturated carbocycles. The number of nitrogens with one attached hydrogen (secondary N) is 1. The number of fused-ring (bicyclic) bond motifs is 1. The van der Waals surface area contributed by atoms with Gasteiger partial charge in [0.25, 0.3) is 0 Å². The zero-order valence-electron chi connectivity index (χ0n) is 13.0. The summed E-state index contributed by atoms with van der Waals surface area (Å²) in [5.74, 6) is -0.207. The van der Waals surface area contributed by atoms with E-state index in [9.17, 15) is 14.7 Å². The third-order valence-electron chi connectivity index (χ3n) is 4.04. The molecule has 0 saturated heterocycles. The standard InChI is InChI=1S/C18H14N2O4S/c21-16-10-24-17(15-4-2-8-25-15)12-9-11(5-6-13(12)19-16)14-3-1-7-20(14)18(22)23/h1-9,17H,10H2,(H,19,21)(H,22,23). The number of ether oxygens (including phenoxy) is 1. The Morgan fingerprint density at radius 1 is 1.28 bits per heavy atom. The van der Waals surface area contributed by atoms with Crippen molar-refractivity contribution < 1.29 is 19.4 Å². The predicted molar refractivity (Wildman–Crippen MR) is 94.0 cm³/mol. The SMILES string of the molecule is O=C1COC(c2cccs2)c2cc(-c3cccn3C(=O)O)ccc2N1. The van der Waals surface area contributed by atoms with E-state index in [1.54, 1.807) is 35.6 Å². The normalized spacial score (nSPS) is 16.8. The van der Waals surface area contributed by atoms with Crippen LogP contribution in [0.2, 0.25) is 0 Å². The van der Waals surface area contributed by atoms with Gasteiger partial charge in [-0.05, 0) is 41.3 Å². The topological polar surface area (TPSA) is 80.6 Å². The van der Waals surface area contributed by atoms with Gasteiger partial charge in [0, 0.05) is 22.3 Å². The highest BCUT2D eigenvalue weighted by Crippen LogP contribution is 2.38. The number of thiophene rings is 1. The molecule has 0 fully saturated rings. The van der Waals surface area contributed by atoms with Gasteiger partial charge < -0.3 is 15.2 Å². The summed E-state index contributed by atoms with van der Waals surface area (Å²) in [6.07, 6.45) is 0.0784. The van der Waals surface area contributed by atoms with Crippen LogP contribution < -0.4 is 5.32 Å². The lowest BCUT2D eigenvalue weighted by molar-refractivity contribution is -0.121. The Kier molecular flexibility index (Phi) is 3.87. The number of amides is 1. The van der Waals surface area contributed by atoms with E-state index in [4.69, 9.17) is 4.74 Å². The molecule has 1 aliphatic heterocycles. The lowest BCUT2D eigenvalue weighted by Gasteiger charge is -2.17. The minimum Gasteiger partial charge on any atom is -0.464 e. The van der Waals surface area contributed by atoms with E-state index in [2.05, 4.69) is 5.32 Å². The number of carbonyl (C=O) groups is 2. The van der Waals surface area contributed by atoms with E-state index in [1.807, 2.05) is 23.6 Å². The number of carbonyl (C=O) groups excluding carboxylic acids is 1. The van der Waals surface area contributed by atoms with Crippen molar-refractivity contribution in [2.24, 2.45) is 0 Å². The molecule has 1 atom stereocenters. The largest absolute Gasteiger partial charge is 0.464 e. The van der Waals surface area contributed by atoms with Crippen LogP contribution in [0.1, 0.15) is 16.5 Å². The molecule has 6 nitrogen and oxygen atoms in total. The Hall–Kier alpha value is -2.90. The van der Waals surface area contributed by atoms with Crippen LogP contribution in [0.5, 0.6) is 0 Å². The number of carboxylic acid groups (broad SMARTS) is 1. The van der Waals surface area contributed by atoms with Crippen molar-refractivity contribution in [3.8, 4) is 11.3 Å². The fourth-order valence-electron chi connectivity index (χ4n) is 2.95. The molecule has 1 unspecified atom stereocenters. The highest BCUT2D eigenvalue weighted by atomic mass is 32.1. The van der Waals surface area contributed by atoms with Gasteiger partial charge in [0.2, 0.25) is 5.91 Å². The van der Waals surface area contributed by atoms with Crippen LogP contribution in [0.4, 0.5) is 10.5 Å². The quantitative estimate of drug-likeness (QED) is 0.733. The maximum atomic E-state index is 11.9. The Bertz CT molecular complexity index is 946. The summed E-state index contributed by atoms with van der Waals surface area (Å²) >= 11 is 1.55. The molecular formula is C18H14N2O4S. The first kappa shape index (κ1) is 15.6. The first-order chi connectivity index (χ1) is 12.1. The smallest absolute Gasteiger partial charge is 0.415 e. The predicted octanol–water partition coefficient (Wildman–Crippen LogP) is 3.80. The van der Waals surface area contributed by atoms with Gasteiger partial charge in [-0.3, -0.25) is 9.36 Å². The summed E-state index contributed by atoms with van der Waals surface area (Å²) in [7, 11) is 0. The van der Waals surface area contributed by atoms with Crippen molar-refractivity contribution in [1.29, 1.82) is 0 Å². The average molecular weight is 354 g/mol. The van der Waals surface area contributed by atoms with Crippen molar-refractivity contribution in [2.75, 3.05) is 11.9 Å². The van der Waals surface area contributed by atoms with Gasteiger partial charge >= 0.3 is 6.09 Å². The molecule has 0 spiro atoms. The van der Waals surface area contributed by atoms with Gasteiger partial charge in [0.15, 0.2) is 0 Å². The van der Waals surface area contributed by atoms with Gasteiger partial charge in [0.05, 0.1) is 5.69 Å². The molecule has 0 bridgehead atoms. The molecule has 3 heterocycles. The van der Waals surface area contributed by atoms with E-state index in [0.29, 0.717) is 11.4 Å². The molecule has 0 radical (unpaired) electrons. The fourth-order valence-corrected chi connectivity index (χ4v) is 3.74. The third kappa shape index (κ3) is 2.84. The molecule has 0 aliphatic carbocycles. The lowest BCUT2D eigenvalue weighted by Crippen LogP contribution is -2.15. The van der Waals surface area contributed by atoms with Gasteiger partial charge in [-0.15, -0.1) is 11.3 Å². The van der Waals surface area contributed by atoms with Gasteiger partial charge in [-0.1, -0.05) is 12.1 Å². The van der Waals surface area contributed by atoms with Crippen LogP contribution in [-0.4, -0.2) is 28.3 Å². The van der Waals surface area contributed by atoms with Crippen LogP contribution in [0.3, 0.4) is 0 Å². The second kappa shape index (κ2) is 6.19. The average Bonchev–Trinajstić information content (AvgIpc) is 3.25. The third-order valence-corrected chi connectivity index (χ3v) is 4.96. The molecule has 126 valence electrons. The summed E-state index contributed by atoms with van der Waals surface area (Å²) in [5.41, 5.74) is 2.80. The number of hydrogen-bond donors (Lipinski definition) is 2. The van der Waals surface area contributed by atoms with E-state index in [0.717, 1.165) is 20.6 Å². The molecular weight excluding hydrogens is 340 g/mol. The molecule has 4 rings (SSSR count). The Morgan fingerprint density at radius 2 is 2.16 bits per heavy atom. The van der Waals surface area contributed by atoms with Crippen LogP contribution in [0, 0.1) is 0 Å². The first-order valence-electron chi connectivity index (χ1n) is 7.63. The van der Waals surface area contributed by atoms with Crippen LogP contribution in [-0.2, 0) is 9.53 Å². The van der Waals surface area contributed by atoms with Crippen LogP contribution in [0.25, 0.3) is 11.3 Å². The summed E-state index contributed by atoms with van der Waals surface area (Å²) in [6.45, 7) is -0.0297. The molecule has 2 N–H and O–H groups in total. The first-order valence-corrected chi connectivity index (χ1v) is 8.51. The highest BCUT2D eigenvalue weighted by Gasteiger charge is 2.26. The van der Waals surface area contributed by atoms with E-state index >= 15 is 0 Å². The second-order valence-electron chi connectivity index (χ2n) is 5.60. The van der Waals surface area contributed by atoms with E-state index in [1.165, 1.54) is 6.20 Å². The van der Waals surface area contributed by atoms with Crippen molar-refractivity contribution >= 4 is 29.0 Å². The zero-order valence-corrected chi connectivity index (χ0v) is 13.8. The van der Waals surface area contributed by atoms with Crippen molar-refractivity contribution in [3.05, 3.63) is 64.5 Å². The number of anilines is 1. The van der Waals surface area contributed by atoms with Gasteiger partial charge in [0.1, 0.15) is 12.7 Å². The number of rotatable bonds is 2. The number of hydrogen-bond acceptors (Lipinski definition) is 4. The fraction of sp³-hybridized carbons (Fsp3) is 0.111. The Balaban J connectivity index is 1.85. The van der Waals surface area contributed by atoms with Crippen molar-refractivity contribution in [2.45, 2.75) is 6.10 Å². The maximum Gasteiger partial charge on any atom is 0.415 e. The van der Waals surface area contributed by atoms with Gasteiger partial charge in [-0.25, -0.2) is 4.79 Å². The molecule has 1 aromatic carbocycles. The number of benzene rings is 1. The van der Waals surface area contributed by atoms with Crippen molar-refractivity contribution in [1.82, 2.24) is 4.57 Å². The highest BCUT2D eigenvalue weighted by molar-refractivity contribution is 7.10. The Morgan fingerprint density at radius 3 is 2.92 bits per heavy atom. The van der Waals surface area contributed by atoms with Crippen molar-refractivity contribution in [3.63, 3.8) is 0 Å².